The highest BCUT2D eigenvalue weighted by molar-refractivity contribution is 7.13. The van der Waals surface area contributed by atoms with Crippen LogP contribution < -0.4 is 10.6 Å². The molecular weight excluding hydrogens is 428 g/mol. The van der Waals surface area contributed by atoms with Gasteiger partial charge in [-0.05, 0) is 29.5 Å². The number of amides is 3. The number of hydrogen-bond acceptors (Lipinski definition) is 6. The van der Waals surface area contributed by atoms with E-state index in [0.717, 1.165) is 28.1 Å². The Morgan fingerprint density at radius 1 is 1.16 bits per heavy atom. The summed E-state index contributed by atoms with van der Waals surface area (Å²) in [4.78, 5) is 36.2. The number of imide groups is 1. The molecule has 3 amide bonds. The van der Waals surface area contributed by atoms with E-state index >= 15 is 0 Å². The van der Waals surface area contributed by atoms with E-state index < -0.39 is 24.5 Å². The number of rotatable bonds is 9. The van der Waals surface area contributed by atoms with Gasteiger partial charge in [0, 0.05) is 24.4 Å². The highest BCUT2D eigenvalue weighted by atomic mass is 32.1. The Balaban J connectivity index is 1.63. The topological polar surface area (TPSA) is 102 Å². The minimum atomic E-state index is -0.699. The standard InChI is InChI=1S/C23H24N4O4S/c1-2-12-24-23(30)25-20(28)16-31-21(29)11-10-18-15-27(14-17-7-4-3-5-8-17)26-22(18)19-9-6-13-32-19/h3-11,13,15H,2,12,14,16H2,1H3,(H2,24,25,28,30)/b11-10+. The van der Waals surface area contributed by atoms with Crippen LogP contribution in [0.25, 0.3) is 16.6 Å². The number of carbonyl (C=O) groups is 3. The fourth-order valence-electron chi connectivity index (χ4n) is 2.80. The van der Waals surface area contributed by atoms with Gasteiger partial charge in [0.15, 0.2) is 6.61 Å². The number of ether oxygens (including phenoxy) is 1. The summed E-state index contributed by atoms with van der Waals surface area (Å²) in [5.41, 5.74) is 2.62. The Hall–Kier alpha value is -3.72. The average molecular weight is 453 g/mol. The molecule has 0 unspecified atom stereocenters. The van der Waals surface area contributed by atoms with E-state index in [4.69, 9.17) is 4.74 Å². The van der Waals surface area contributed by atoms with Gasteiger partial charge in [0.05, 0.1) is 11.4 Å². The molecule has 3 aromatic rings. The van der Waals surface area contributed by atoms with Crippen molar-refractivity contribution in [1.82, 2.24) is 20.4 Å². The molecule has 0 fully saturated rings. The minimum absolute atomic E-state index is 0.451. The van der Waals surface area contributed by atoms with Crippen LogP contribution in [0.15, 0.2) is 60.1 Å². The van der Waals surface area contributed by atoms with Crippen LogP contribution >= 0.6 is 11.3 Å². The van der Waals surface area contributed by atoms with Gasteiger partial charge in [0.2, 0.25) is 0 Å². The Kier molecular flexibility index (Phi) is 8.33. The van der Waals surface area contributed by atoms with Gasteiger partial charge in [0.1, 0.15) is 5.69 Å². The first-order valence-electron chi connectivity index (χ1n) is 10.1. The Bertz CT molecular complexity index is 1070. The lowest BCUT2D eigenvalue weighted by Gasteiger charge is -2.05. The lowest BCUT2D eigenvalue weighted by atomic mass is 10.2. The van der Waals surface area contributed by atoms with Crippen molar-refractivity contribution in [2.45, 2.75) is 19.9 Å². The normalized spacial score (nSPS) is 10.8. The van der Waals surface area contributed by atoms with Crippen LogP contribution in [-0.2, 0) is 20.9 Å². The molecule has 0 aliphatic carbocycles. The largest absolute Gasteiger partial charge is 0.452 e. The maximum atomic E-state index is 12.1. The summed E-state index contributed by atoms with van der Waals surface area (Å²) in [6, 6.07) is 13.2. The van der Waals surface area contributed by atoms with Gasteiger partial charge in [-0.3, -0.25) is 14.8 Å². The van der Waals surface area contributed by atoms with Crippen molar-refractivity contribution in [2.75, 3.05) is 13.2 Å². The third kappa shape index (κ3) is 6.92. The lowest BCUT2D eigenvalue weighted by molar-refractivity contribution is -0.143. The van der Waals surface area contributed by atoms with Gasteiger partial charge in [-0.25, -0.2) is 9.59 Å². The molecule has 8 nitrogen and oxygen atoms in total. The number of benzene rings is 1. The van der Waals surface area contributed by atoms with E-state index in [9.17, 15) is 14.4 Å². The van der Waals surface area contributed by atoms with Crippen LogP contribution in [0.1, 0.15) is 24.5 Å². The molecular formula is C23H24N4O4S. The second kappa shape index (κ2) is 11.6. The summed E-state index contributed by atoms with van der Waals surface area (Å²) in [6.07, 6.45) is 5.45. The molecule has 166 valence electrons. The molecule has 0 atom stereocenters. The monoisotopic (exact) mass is 452 g/mol. The molecule has 0 saturated heterocycles. The molecule has 3 rings (SSSR count). The van der Waals surface area contributed by atoms with Gasteiger partial charge < -0.3 is 10.1 Å². The van der Waals surface area contributed by atoms with Crippen molar-refractivity contribution in [1.29, 1.82) is 0 Å². The maximum absolute atomic E-state index is 12.1. The van der Waals surface area contributed by atoms with E-state index in [1.165, 1.54) is 6.08 Å². The number of nitrogens with one attached hydrogen (secondary N) is 2. The second-order valence-electron chi connectivity index (χ2n) is 6.84. The number of nitrogens with zero attached hydrogens (tertiary/aromatic N) is 2. The van der Waals surface area contributed by atoms with Crippen molar-refractivity contribution >= 4 is 35.3 Å². The van der Waals surface area contributed by atoms with Gasteiger partial charge in [0.25, 0.3) is 5.91 Å². The third-order valence-corrected chi connectivity index (χ3v) is 5.14. The van der Waals surface area contributed by atoms with E-state index in [1.807, 2.05) is 65.6 Å². The van der Waals surface area contributed by atoms with Crippen LogP contribution in [0.3, 0.4) is 0 Å². The smallest absolute Gasteiger partial charge is 0.331 e. The highest BCUT2D eigenvalue weighted by Crippen LogP contribution is 2.27. The predicted octanol–water partition coefficient (Wildman–Crippen LogP) is 3.45. The zero-order valence-electron chi connectivity index (χ0n) is 17.6. The van der Waals surface area contributed by atoms with Crippen molar-refractivity contribution in [3.63, 3.8) is 0 Å². The van der Waals surface area contributed by atoms with Crippen LogP contribution in [0.4, 0.5) is 4.79 Å². The van der Waals surface area contributed by atoms with Gasteiger partial charge in [-0.2, -0.15) is 5.10 Å². The zero-order chi connectivity index (χ0) is 22.8. The Morgan fingerprint density at radius 3 is 2.69 bits per heavy atom. The summed E-state index contributed by atoms with van der Waals surface area (Å²) in [7, 11) is 0. The summed E-state index contributed by atoms with van der Waals surface area (Å²) < 4.78 is 6.74. The van der Waals surface area contributed by atoms with Crippen LogP contribution in [0.2, 0.25) is 0 Å². The van der Waals surface area contributed by atoms with Crippen molar-refractivity contribution in [3.05, 3.63) is 71.2 Å². The van der Waals surface area contributed by atoms with Crippen molar-refractivity contribution < 1.29 is 19.1 Å². The van der Waals surface area contributed by atoms with Gasteiger partial charge >= 0.3 is 12.0 Å². The molecule has 0 saturated carbocycles. The third-order valence-electron chi connectivity index (χ3n) is 4.26. The summed E-state index contributed by atoms with van der Waals surface area (Å²) in [5.74, 6) is -1.39. The fourth-order valence-corrected chi connectivity index (χ4v) is 3.53. The van der Waals surface area contributed by atoms with Crippen LogP contribution in [-0.4, -0.2) is 40.8 Å². The molecule has 0 aliphatic rings. The van der Waals surface area contributed by atoms with E-state index in [-0.39, 0.29) is 0 Å². The molecule has 0 radical (unpaired) electrons. The molecule has 0 spiro atoms. The SMILES string of the molecule is CCCNC(=O)NC(=O)COC(=O)/C=C/c1cn(Cc2ccccc2)nc1-c1cccs1. The number of aromatic nitrogens is 2. The van der Waals surface area contributed by atoms with Crippen LogP contribution in [0.5, 0.6) is 0 Å². The average Bonchev–Trinajstić information content (AvgIpc) is 3.45. The molecule has 32 heavy (non-hydrogen) atoms. The second-order valence-corrected chi connectivity index (χ2v) is 7.79. The van der Waals surface area contributed by atoms with Gasteiger partial charge in [-0.15, -0.1) is 11.3 Å². The molecule has 1 aromatic carbocycles. The summed E-state index contributed by atoms with van der Waals surface area (Å²) >= 11 is 1.55. The molecule has 2 N–H and O–H groups in total. The number of hydrogen-bond donors (Lipinski definition) is 2. The zero-order valence-corrected chi connectivity index (χ0v) is 18.4. The van der Waals surface area contributed by atoms with Crippen LogP contribution in [0, 0.1) is 0 Å². The fraction of sp³-hybridized carbons (Fsp3) is 0.217. The maximum Gasteiger partial charge on any atom is 0.331 e. The molecule has 9 heteroatoms. The summed E-state index contributed by atoms with van der Waals surface area (Å²) in [6.45, 7) is 2.39. The highest BCUT2D eigenvalue weighted by Gasteiger charge is 2.12. The van der Waals surface area contributed by atoms with E-state index in [0.29, 0.717) is 13.1 Å². The van der Waals surface area contributed by atoms with E-state index in [1.54, 1.807) is 17.4 Å². The Labute approximate surface area is 189 Å². The predicted molar refractivity (Wildman–Crippen MR) is 123 cm³/mol. The molecule has 2 heterocycles. The minimum Gasteiger partial charge on any atom is -0.452 e. The van der Waals surface area contributed by atoms with E-state index in [2.05, 4.69) is 15.7 Å². The lowest BCUT2D eigenvalue weighted by Crippen LogP contribution is -2.41. The number of carbonyl (C=O) groups excluding carboxylic acids is 3. The number of esters is 1. The first-order valence-corrected chi connectivity index (χ1v) is 11.0. The first-order chi connectivity index (χ1) is 15.5. The van der Waals surface area contributed by atoms with Crippen molar-refractivity contribution in [2.24, 2.45) is 0 Å². The number of urea groups is 1. The van der Waals surface area contributed by atoms with Gasteiger partial charge in [-0.1, -0.05) is 43.3 Å². The number of thiophene rings is 1. The molecule has 2 aromatic heterocycles. The summed E-state index contributed by atoms with van der Waals surface area (Å²) in [5, 5.41) is 11.2. The molecule has 0 aliphatic heterocycles. The molecule has 0 bridgehead atoms. The van der Waals surface area contributed by atoms with Crippen molar-refractivity contribution in [3.8, 4) is 10.6 Å². The first kappa shape index (κ1) is 23.0. The Morgan fingerprint density at radius 2 is 1.97 bits per heavy atom. The quantitative estimate of drug-likeness (QED) is 0.382.